The smallest absolute Gasteiger partial charge is 0.223 e. The van der Waals surface area contributed by atoms with Crippen molar-refractivity contribution >= 4 is 5.91 Å². The van der Waals surface area contributed by atoms with Crippen LogP contribution in [-0.2, 0) is 4.79 Å². The molecule has 2 N–H and O–H groups in total. The summed E-state index contributed by atoms with van der Waals surface area (Å²) in [5, 5.41) is 6.49. The normalized spacial score (nSPS) is 23.7. The van der Waals surface area contributed by atoms with Gasteiger partial charge in [0, 0.05) is 12.5 Å². The summed E-state index contributed by atoms with van der Waals surface area (Å²) < 4.78 is 0. The van der Waals surface area contributed by atoms with Crippen molar-refractivity contribution in [3.63, 3.8) is 0 Å². The Morgan fingerprint density at radius 2 is 2.00 bits per heavy atom. The lowest BCUT2D eigenvalue weighted by Gasteiger charge is -2.24. The fraction of sp³-hybridized carbons (Fsp3) is 0.929. The average Bonchev–Trinajstić information content (AvgIpc) is 3.06. The number of nitrogens with one attached hydrogen (secondary N) is 2. The van der Waals surface area contributed by atoms with Gasteiger partial charge in [-0.1, -0.05) is 13.8 Å². The highest BCUT2D eigenvalue weighted by molar-refractivity contribution is 5.78. The van der Waals surface area contributed by atoms with Gasteiger partial charge in [0.1, 0.15) is 0 Å². The monoisotopic (exact) mass is 238 g/mol. The molecule has 2 fully saturated rings. The van der Waals surface area contributed by atoms with E-state index in [1.807, 2.05) is 0 Å². The van der Waals surface area contributed by atoms with E-state index in [1.54, 1.807) is 0 Å². The van der Waals surface area contributed by atoms with Crippen LogP contribution in [0.1, 0.15) is 46.0 Å². The zero-order valence-electron chi connectivity index (χ0n) is 11.2. The van der Waals surface area contributed by atoms with Gasteiger partial charge in [-0.25, -0.2) is 0 Å². The minimum Gasteiger partial charge on any atom is -0.355 e. The molecule has 0 aromatic rings. The predicted octanol–water partition coefficient (Wildman–Crippen LogP) is 1.93. The minimum absolute atomic E-state index is 0.256. The summed E-state index contributed by atoms with van der Waals surface area (Å²) in [5.74, 6) is 1.29. The van der Waals surface area contributed by atoms with E-state index in [0.717, 1.165) is 38.4 Å². The van der Waals surface area contributed by atoms with Crippen LogP contribution in [0.25, 0.3) is 0 Å². The first-order chi connectivity index (χ1) is 8.11. The fourth-order valence-corrected chi connectivity index (χ4v) is 3.00. The molecule has 0 aromatic carbocycles. The second kappa shape index (κ2) is 5.38. The largest absolute Gasteiger partial charge is 0.355 e. The highest BCUT2D eigenvalue weighted by atomic mass is 16.1. The molecule has 1 aliphatic carbocycles. The predicted molar refractivity (Wildman–Crippen MR) is 69.7 cm³/mol. The Morgan fingerprint density at radius 3 is 2.53 bits per heavy atom. The van der Waals surface area contributed by atoms with Crippen LogP contribution in [0.15, 0.2) is 0 Å². The Bertz CT molecular complexity index is 265. The summed E-state index contributed by atoms with van der Waals surface area (Å²) in [6.45, 7) is 7.45. The highest BCUT2D eigenvalue weighted by Gasteiger charge is 2.43. The molecule has 0 spiro atoms. The van der Waals surface area contributed by atoms with Gasteiger partial charge in [0.15, 0.2) is 0 Å². The number of piperidine rings is 1. The van der Waals surface area contributed by atoms with E-state index >= 15 is 0 Å². The summed E-state index contributed by atoms with van der Waals surface area (Å²) in [6, 6.07) is 0. The number of carbonyl (C=O) groups is 1. The molecule has 0 radical (unpaired) electrons. The summed E-state index contributed by atoms with van der Waals surface area (Å²) in [7, 11) is 0. The molecule has 0 bridgehead atoms. The van der Waals surface area contributed by atoms with Gasteiger partial charge in [-0.3, -0.25) is 4.79 Å². The van der Waals surface area contributed by atoms with E-state index in [9.17, 15) is 4.79 Å². The van der Waals surface area contributed by atoms with E-state index < -0.39 is 0 Å². The van der Waals surface area contributed by atoms with Crippen LogP contribution in [0.2, 0.25) is 0 Å². The lowest BCUT2D eigenvalue weighted by Crippen LogP contribution is -2.40. The summed E-state index contributed by atoms with van der Waals surface area (Å²) in [4.78, 5) is 12.0. The molecule has 1 aliphatic heterocycles. The van der Waals surface area contributed by atoms with Crippen molar-refractivity contribution in [1.29, 1.82) is 0 Å². The molecule has 2 aliphatic rings. The maximum absolute atomic E-state index is 12.0. The molecule has 0 aromatic heterocycles. The molecule has 1 saturated carbocycles. The molecular formula is C14H26N2O. The van der Waals surface area contributed by atoms with Gasteiger partial charge in [-0.15, -0.1) is 0 Å². The van der Waals surface area contributed by atoms with Gasteiger partial charge in [0.2, 0.25) is 5.91 Å². The molecule has 3 heteroatoms. The Labute approximate surface area is 105 Å². The molecule has 0 atom stereocenters. The Hall–Kier alpha value is -0.570. The van der Waals surface area contributed by atoms with Gasteiger partial charge in [-0.05, 0) is 56.5 Å². The van der Waals surface area contributed by atoms with Crippen molar-refractivity contribution in [3.8, 4) is 0 Å². The van der Waals surface area contributed by atoms with Gasteiger partial charge in [0.05, 0.1) is 0 Å². The molecular weight excluding hydrogens is 212 g/mol. The molecule has 3 nitrogen and oxygen atoms in total. The third-order valence-electron chi connectivity index (χ3n) is 4.15. The van der Waals surface area contributed by atoms with Crippen molar-refractivity contribution in [1.82, 2.24) is 10.6 Å². The molecule has 1 amide bonds. The summed E-state index contributed by atoms with van der Waals surface area (Å²) in [5.41, 5.74) is 0.455. The lowest BCUT2D eigenvalue weighted by molar-refractivity contribution is -0.126. The standard InChI is InChI=1S/C14H26N2O/c1-11(2)9-14(5-6-14)10-16-13(17)12-3-7-15-8-4-12/h11-12,15H,3-10H2,1-2H3,(H,16,17). The first-order valence-electron chi connectivity index (χ1n) is 7.10. The lowest BCUT2D eigenvalue weighted by atomic mass is 9.93. The van der Waals surface area contributed by atoms with Crippen LogP contribution in [0, 0.1) is 17.3 Å². The maximum Gasteiger partial charge on any atom is 0.223 e. The van der Waals surface area contributed by atoms with Gasteiger partial charge in [-0.2, -0.15) is 0 Å². The number of carbonyl (C=O) groups excluding carboxylic acids is 1. The van der Waals surface area contributed by atoms with Crippen LogP contribution in [0.5, 0.6) is 0 Å². The fourth-order valence-electron chi connectivity index (χ4n) is 3.00. The SMILES string of the molecule is CC(C)CC1(CNC(=O)C2CCNCC2)CC1. The van der Waals surface area contributed by atoms with E-state index in [4.69, 9.17) is 0 Å². The Balaban J connectivity index is 1.72. The summed E-state index contributed by atoms with van der Waals surface area (Å²) in [6.07, 6.45) is 5.88. The third-order valence-corrected chi connectivity index (χ3v) is 4.15. The van der Waals surface area contributed by atoms with Gasteiger partial charge >= 0.3 is 0 Å². The maximum atomic E-state index is 12.0. The van der Waals surface area contributed by atoms with Gasteiger partial charge < -0.3 is 10.6 Å². The highest BCUT2D eigenvalue weighted by Crippen LogP contribution is 2.50. The number of hydrogen-bond donors (Lipinski definition) is 2. The second-order valence-electron chi connectivity index (χ2n) is 6.34. The van der Waals surface area contributed by atoms with Crippen molar-refractivity contribution in [2.24, 2.45) is 17.3 Å². The number of rotatable bonds is 5. The zero-order chi connectivity index (χ0) is 12.3. The van der Waals surface area contributed by atoms with Crippen molar-refractivity contribution < 1.29 is 4.79 Å². The number of hydrogen-bond acceptors (Lipinski definition) is 2. The van der Waals surface area contributed by atoms with Crippen LogP contribution >= 0.6 is 0 Å². The van der Waals surface area contributed by atoms with E-state index in [2.05, 4.69) is 24.5 Å². The van der Waals surface area contributed by atoms with E-state index in [1.165, 1.54) is 19.3 Å². The molecule has 98 valence electrons. The van der Waals surface area contributed by atoms with Crippen LogP contribution < -0.4 is 10.6 Å². The van der Waals surface area contributed by atoms with E-state index in [0.29, 0.717) is 11.3 Å². The van der Waals surface area contributed by atoms with Crippen LogP contribution in [0.3, 0.4) is 0 Å². The molecule has 2 rings (SSSR count). The molecule has 17 heavy (non-hydrogen) atoms. The molecule has 1 heterocycles. The van der Waals surface area contributed by atoms with Crippen molar-refractivity contribution in [2.75, 3.05) is 19.6 Å². The van der Waals surface area contributed by atoms with Crippen LogP contribution in [-0.4, -0.2) is 25.5 Å². The minimum atomic E-state index is 0.256. The molecule has 0 unspecified atom stereocenters. The zero-order valence-corrected chi connectivity index (χ0v) is 11.2. The first kappa shape index (κ1) is 12.9. The average molecular weight is 238 g/mol. The summed E-state index contributed by atoms with van der Waals surface area (Å²) >= 11 is 0. The van der Waals surface area contributed by atoms with Crippen molar-refractivity contribution in [3.05, 3.63) is 0 Å². The van der Waals surface area contributed by atoms with Crippen LogP contribution in [0.4, 0.5) is 0 Å². The second-order valence-corrected chi connectivity index (χ2v) is 6.34. The Morgan fingerprint density at radius 1 is 1.35 bits per heavy atom. The van der Waals surface area contributed by atoms with Crippen molar-refractivity contribution in [2.45, 2.75) is 46.0 Å². The first-order valence-corrected chi connectivity index (χ1v) is 7.10. The molecule has 1 saturated heterocycles. The van der Waals surface area contributed by atoms with E-state index in [-0.39, 0.29) is 5.92 Å². The third kappa shape index (κ3) is 3.70. The quantitative estimate of drug-likeness (QED) is 0.768. The van der Waals surface area contributed by atoms with Gasteiger partial charge in [0.25, 0.3) is 0 Å². The topological polar surface area (TPSA) is 41.1 Å². The number of amides is 1. The Kier molecular flexibility index (Phi) is 4.08.